The Morgan fingerprint density at radius 1 is 1.27 bits per heavy atom. The van der Waals surface area contributed by atoms with Gasteiger partial charge in [-0.1, -0.05) is 44.5 Å². The third-order valence-corrected chi connectivity index (χ3v) is 6.69. The molecular weight excluding hydrogens is 436 g/mol. The van der Waals surface area contributed by atoms with Gasteiger partial charge in [-0.2, -0.15) is 5.10 Å². The Bertz CT molecular complexity index is 1140. The van der Waals surface area contributed by atoms with Gasteiger partial charge in [0.15, 0.2) is 0 Å². The molecule has 8 heteroatoms. The number of likely N-dealkylation sites (tertiary alicyclic amines) is 1. The number of hydrogen-bond donors (Lipinski definition) is 1. The summed E-state index contributed by atoms with van der Waals surface area (Å²) in [6, 6.07) is 7.74. The Labute approximate surface area is 200 Å². The fraction of sp³-hybridized carbons (Fsp3) is 0.440. The van der Waals surface area contributed by atoms with E-state index >= 15 is 0 Å². The van der Waals surface area contributed by atoms with E-state index in [1.807, 2.05) is 42.4 Å². The zero-order chi connectivity index (χ0) is 23.6. The van der Waals surface area contributed by atoms with Gasteiger partial charge in [0, 0.05) is 49.5 Å². The number of benzene rings is 1. The number of carbonyl (C=O) groups excluding carboxylic acids is 1. The summed E-state index contributed by atoms with van der Waals surface area (Å²) in [5.74, 6) is 1.27. The van der Waals surface area contributed by atoms with Crippen molar-refractivity contribution in [1.29, 1.82) is 0 Å². The average molecular weight is 467 g/mol. The number of halogens is 1. The molecule has 0 bridgehead atoms. The van der Waals surface area contributed by atoms with Gasteiger partial charge in [-0.3, -0.25) is 9.48 Å². The molecule has 1 aliphatic rings. The number of nitrogens with zero attached hydrogens (tertiary/aromatic N) is 5. The van der Waals surface area contributed by atoms with Crippen LogP contribution in [-0.4, -0.2) is 43.6 Å². The largest absolute Gasteiger partial charge is 0.342 e. The highest BCUT2D eigenvalue weighted by molar-refractivity contribution is 6.31. The maximum atomic E-state index is 12.7. The summed E-state index contributed by atoms with van der Waals surface area (Å²) in [4.78, 5) is 23.6. The molecule has 174 valence electrons. The van der Waals surface area contributed by atoms with Crippen LogP contribution in [0.5, 0.6) is 0 Å². The first-order valence-electron chi connectivity index (χ1n) is 11.3. The summed E-state index contributed by atoms with van der Waals surface area (Å²) >= 11 is 6.58. The number of aromatic nitrogens is 4. The molecule has 1 atom stereocenters. The second-order valence-corrected chi connectivity index (χ2v) is 10.2. The molecule has 1 aromatic carbocycles. The Morgan fingerprint density at radius 3 is 2.76 bits per heavy atom. The van der Waals surface area contributed by atoms with E-state index < -0.39 is 0 Å². The van der Waals surface area contributed by atoms with Crippen molar-refractivity contribution in [1.82, 2.24) is 24.6 Å². The van der Waals surface area contributed by atoms with Crippen molar-refractivity contribution >= 4 is 29.1 Å². The lowest BCUT2D eigenvalue weighted by molar-refractivity contribution is -0.130. The van der Waals surface area contributed by atoms with Crippen LogP contribution in [0, 0.1) is 11.3 Å². The van der Waals surface area contributed by atoms with Gasteiger partial charge in [-0.15, -0.1) is 0 Å². The number of amides is 1. The summed E-state index contributed by atoms with van der Waals surface area (Å²) in [7, 11) is 1.85. The van der Waals surface area contributed by atoms with Crippen LogP contribution >= 0.6 is 11.6 Å². The van der Waals surface area contributed by atoms with Crippen LogP contribution in [0.1, 0.15) is 39.2 Å². The Kier molecular flexibility index (Phi) is 6.70. The van der Waals surface area contributed by atoms with Crippen molar-refractivity contribution in [2.45, 2.75) is 40.0 Å². The molecule has 1 N–H and O–H groups in total. The zero-order valence-electron chi connectivity index (χ0n) is 19.7. The number of aryl methyl sites for hydroxylation is 2. The van der Waals surface area contributed by atoms with Crippen LogP contribution in [0.25, 0.3) is 11.3 Å². The van der Waals surface area contributed by atoms with E-state index in [0.717, 1.165) is 42.0 Å². The second-order valence-electron chi connectivity index (χ2n) is 9.79. The minimum absolute atomic E-state index is 0.212. The van der Waals surface area contributed by atoms with Crippen LogP contribution in [0.3, 0.4) is 0 Å². The highest BCUT2D eigenvalue weighted by Crippen LogP contribution is 2.34. The van der Waals surface area contributed by atoms with Crippen molar-refractivity contribution < 1.29 is 4.79 Å². The lowest BCUT2D eigenvalue weighted by Gasteiger charge is -2.27. The van der Waals surface area contributed by atoms with E-state index in [9.17, 15) is 4.79 Å². The predicted octanol–water partition coefficient (Wildman–Crippen LogP) is 5.10. The van der Waals surface area contributed by atoms with Crippen LogP contribution < -0.4 is 5.32 Å². The maximum Gasteiger partial charge on any atom is 0.227 e. The first-order chi connectivity index (χ1) is 15.7. The summed E-state index contributed by atoms with van der Waals surface area (Å²) in [6.07, 6.45) is 7.47. The monoisotopic (exact) mass is 466 g/mol. The van der Waals surface area contributed by atoms with Crippen molar-refractivity contribution in [3.05, 3.63) is 53.4 Å². The van der Waals surface area contributed by atoms with Gasteiger partial charge in [0.05, 0.1) is 17.6 Å². The van der Waals surface area contributed by atoms with Crippen molar-refractivity contribution in [3.8, 4) is 11.3 Å². The molecule has 2 aromatic heterocycles. The number of nitrogens with one attached hydrogen (secondary N) is 1. The highest BCUT2D eigenvalue weighted by atomic mass is 35.5. The number of hydrogen-bond acceptors (Lipinski definition) is 5. The molecule has 1 amide bonds. The molecule has 1 saturated heterocycles. The van der Waals surface area contributed by atoms with Crippen molar-refractivity contribution in [2.24, 2.45) is 18.4 Å². The number of anilines is 2. The smallest absolute Gasteiger partial charge is 0.227 e. The Balaban J connectivity index is 1.38. The molecule has 0 radical (unpaired) electrons. The van der Waals surface area contributed by atoms with E-state index in [2.05, 4.69) is 41.2 Å². The van der Waals surface area contributed by atoms with Gasteiger partial charge in [-0.05, 0) is 41.9 Å². The zero-order valence-corrected chi connectivity index (χ0v) is 20.4. The molecule has 3 aromatic rings. The van der Waals surface area contributed by atoms with Gasteiger partial charge in [-0.25, -0.2) is 9.97 Å². The summed E-state index contributed by atoms with van der Waals surface area (Å²) in [5.41, 5.74) is 3.70. The molecule has 33 heavy (non-hydrogen) atoms. The van der Waals surface area contributed by atoms with Gasteiger partial charge < -0.3 is 10.2 Å². The van der Waals surface area contributed by atoms with E-state index in [-0.39, 0.29) is 11.3 Å². The second kappa shape index (κ2) is 9.51. The number of rotatable bonds is 6. The molecule has 7 nitrogen and oxygen atoms in total. The van der Waals surface area contributed by atoms with E-state index in [4.69, 9.17) is 11.6 Å². The molecule has 1 aliphatic heterocycles. The van der Waals surface area contributed by atoms with Crippen molar-refractivity contribution in [2.75, 3.05) is 18.4 Å². The number of carbonyl (C=O) groups is 1. The summed E-state index contributed by atoms with van der Waals surface area (Å²) < 4.78 is 1.71. The third kappa shape index (κ3) is 5.71. The maximum absolute atomic E-state index is 12.7. The Hall–Kier alpha value is -2.93. The molecule has 3 heterocycles. The Morgan fingerprint density at radius 2 is 2.09 bits per heavy atom. The van der Waals surface area contributed by atoms with Gasteiger partial charge >= 0.3 is 0 Å². The predicted molar refractivity (Wildman–Crippen MR) is 131 cm³/mol. The van der Waals surface area contributed by atoms with E-state index in [0.29, 0.717) is 29.7 Å². The van der Waals surface area contributed by atoms with E-state index in [1.165, 1.54) is 0 Å². The fourth-order valence-corrected chi connectivity index (χ4v) is 4.47. The van der Waals surface area contributed by atoms with Crippen LogP contribution in [0.2, 0.25) is 5.02 Å². The van der Waals surface area contributed by atoms with Gasteiger partial charge in [0.1, 0.15) is 0 Å². The molecule has 1 fully saturated rings. The van der Waals surface area contributed by atoms with E-state index in [1.54, 1.807) is 17.1 Å². The molecule has 1 unspecified atom stereocenters. The fourth-order valence-electron chi connectivity index (χ4n) is 4.20. The molecule has 0 aliphatic carbocycles. The topological polar surface area (TPSA) is 75.9 Å². The molecule has 0 spiro atoms. The highest BCUT2D eigenvalue weighted by Gasteiger charge is 2.33. The third-order valence-electron chi connectivity index (χ3n) is 6.34. The standard InChI is InChI=1S/C25H31ClN6O/c1-25(2,3)19-10-12-32(15-19)23(33)8-7-17-5-6-18(13-21(17)26)22-9-11-27-24(30-22)29-20-14-28-31(4)16-20/h5-6,9,11,13-14,16,19H,7-8,10,12,15H2,1-4H3,(H,27,29,30). The first-order valence-corrected chi connectivity index (χ1v) is 11.7. The van der Waals surface area contributed by atoms with Crippen molar-refractivity contribution in [3.63, 3.8) is 0 Å². The molecule has 0 saturated carbocycles. The van der Waals surface area contributed by atoms with Gasteiger partial charge in [0.2, 0.25) is 11.9 Å². The van der Waals surface area contributed by atoms with Crippen LogP contribution in [0.15, 0.2) is 42.9 Å². The summed E-state index contributed by atoms with van der Waals surface area (Å²) in [5, 5.41) is 7.94. The lowest BCUT2D eigenvalue weighted by atomic mass is 9.80. The molecular formula is C25H31ClN6O. The normalized spacial score (nSPS) is 16.3. The molecule has 4 rings (SSSR count). The van der Waals surface area contributed by atoms with Crippen LogP contribution in [-0.2, 0) is 18.3 Å². The quantitative estimate of drug-likeness (QED) is 0.546. The average Bonchev–Trinajstić information content (AvgIpc) is 3.42. The van der Waals surface area contributed by atoms with Gasteiger partial charge in [0.25, 0.3) is 0 Å². The minimum Gasteiger partial charge on any atom is -0.342 e. The summed E-state index contributed by atoms with van der Waals surface area (Å²) in [6.45, 7) is 8.47. The first kappa shape index (κ1) is 23.2. The lowest BCUT2D eigenvalue weighted by Crippen LogP contribution is -2.31. The van der Waals surface area contributed by atoms with Crippen LogP contribution in [0.4, 0.5) is 11.6 Å². The minimum atomic E-state index is 0.212. The SMILES string of the molecule is Cn1cc(Nc2nccc(-c3ccc(CCC(=O)N4CCC(C(C)(C)C)C4)c(Cl)c3)n2)cn1.